The number of hydrogen-bond acceptors (Lipinski definition) is 3. The van der Waals surface area contributed by atoms with Crippen molar-refractivity contribution >= 4 is 5.97 Å². The van der Waals surface area contributed by atoms with Crippen LogP contribution < -0.4 is 10.1 Å². The molecule has 2 unspecified atom stereocenters. The molecular weight excluding hydrogens is 273 g/mol. The lowest BCUT2D eigenvalue weighted by Crippen LogP contribution is -2.56. The van der Waals surface area contributed by atoms with E-state index in [1.165, 1.54) is 12.1 Å². The van der Waals surface area contributed by atoms with Crippen LogP contribution >= 0.6 is 0 Å². The highest BCUT2D eigenvalue weighted by atomic mass is 19.1. The molecule has 0 heterocycles. The van der Waals surface area contributed by atoms with Crippen LogP contribution in [0.3, 0.4) is 0 Å². The summed E-state index contributed by atoms with van der Waals surface area (Å²) in [6.07, 6.45) is 3.25. The van der Waals surface area contributed by atoms with Crippen LogP contribution in [0.1, 0.15) is 39.0 Å². The second kappa shape index (κ2) is 6.89. The second-order valence-electron chi connectivity index (χ2n) is 5.61. The SMILES string of the molecule is CCCNC1(C(=O)O)CCCC(Oc2cccc(F)c2)C1. The summed E-state index contributed by atoms with van der Waals surface area (Å²) >= 11 is 0. The van der Waals surface area contributed by atoms with E-state index in [4.69, 9.17) is 4.74 Å². The van der Waals surface area contributed by atoms with Gasteiger partial charge in [-0.3, -0.25) is 4.79 Å². The van der Waals surface area contributed by atoms with Gasteiger partial charge in [-0.1, -0.05) is 13.0 Å². The molecular formula is C16H22FNO3. The monoisotopic (exact) mass is 295 g/mol. The largest absolute Gasteiger partial charge is 0.490 e. The summed E-state index contributed by atoms with van der Waals surface area (Å²) in [4.78, 5) is 11.7. The molecule has 0 saturated heterocycles. The zero-order valence-corrected chi connectivity index (χ0v) is 12.3. The second-order valence-corrected chi connectivity index (χ2v) is 5.61. The lowest BCUT2D eigenvalue weighted by molar-refractivity contribution is -0.148. The Hall–Kier alpha value is -1.62. The molecule has 0 spiro atoms. The summed E-state index contributed by atoms with van der Waals surface area (Å²) in [5.74, 6) is -0.725. The van der Waals surface area contributed by atoms with Crippen LogP contribution in [0, 0.1) is 5.82 Å². The highest BCUT2D eigenvalue weighted by molar-refractivity contribution is 5.79. The Morgan fingerprint density at radius 2 is 2.38 bits per heavy atom. The number of nitrogens with one attached hydrogen (secondary N) is 1. The van der Waals surface area contributed by atoms with Gasteiger partial charge < -0.3 is 15.2 Å². The number of rotatable bonds is 6. The molecule has 1 fully saturated rings. The first-order chi connectivity index (χ1) is 10.1. The number of carboxylic acid groups (broad SMARTS) is 1. The maximum absolute atomic E-state index is 13.2. The number of halogens is 1. The van der Waals surface area contributed by atoms with Crippen molar-refractivity contribution in [2.75, 3.05) is 6.54 Å². The van der Waals surface area contributed by atoms with E-state index in [9.17, 15) is 14.3 Å². The minimum absolute atomic E-state index is 0.207. The third-order valence-electron chi connectivity index (χ3n) is 3.93. The number of ether oxygens (including phenoxy) is 1. The molecule has 21 heavy (non-hydrogen) atoms. The Morgan fingerprint density at radius 1 is 1.57 bits per heavy atom. The average molecular weight is 295 g/mol. The van der Waals surface area contributed by atoms with E-state index in [-0.39, 0.29) is 11.9 Å². The topological polar surface area (TPSA) is 58.6 Å². The van der Waals surface area contributed by atoms with Gasteiger partial charge in [0.05, 0.1) is 0 Å². The summed E-state index contributed by atoms with van der Waals surface area (Å²) in [6, 6.07) is 5.97. The molecule has 0 bridgehead atoms. The van der Waals surface area contributed by atoms with Crippen molar-refractivity contribution in [3.05, 3.63) is 30.1 Å². The van der Waals surface area contributed by atoms with Crippen LogP contribution in [0.4, 0.5) is 4.39 Å². The van der Waals surface area contributed by atoms with Crippen LogP contribution in [0.25, 0.3) is 0 Å². The van der Waals surface area contributed by atoms with E-state index < -0.39 is 11.5 Å². The zero-order chi connectivity index (χ0) is 15.3. The summed E-state index contributed by atoms with van der Waals surface area (Å²) < 4.78 is 19.0. The van der Waals surface area contributed by atoms with Gasteiger partial charge in [0.1, 0.15) is 23.2 Å². The molecule has 0 aromatic heterocycles. The first kappa shape index (κ1) is 15.8. The van der Waals surface area contributed by atoms with Gasteiger partial charge in [-0.15, -0.1) is 0 Å². The molecule has 0 amide bonds. The van der Waals surface area contributed by atoms with Crippen molar-refractivity contribution in [1.29, 1.82) is 0 Å². The molecule has 1 aromatic carbocycles. The Kier molecular flexibility index (Phi) is 5.17. The standard InChI is InChI=1S/C16H22FNO3/c1-2-9-18-16(15(19)20)8-4-7-14(11-16)21-13-6-3-5-12(17)10-13/h3,5-6,10,14,18H,2,4,7-9,11H2,1H3,(H,19,20). The van der Waals surface area contributed by atoms with Crippen molar-refractivity contribution in [3.63, 3.8) is 0 Å². The number of carboxylic acids is 1. The van der Waals surface area contributed by atoms with Gasteiger partial charge in [0.25, 0.3) is 0 Å². The van der Waals surface area contributed by atoms with Crippen LogP contribution in [-0.2, 0) is 4.79 Å². The third-order valence-corrected chi connectivity index (χ3v) is 3.93. The molecule has 2 N–H and O–H groups in total. The van der Waals surface area contributed by atoms with Crippen molar-refractivity contribution in [2.45, 2.75) is 50.7 Å². The van der Waals surface area contributed by atoms with Crippen LogP contribution in [0.15, 0.2) is 24.3 Å². The Labute approximate surface area is 124 Å². The van der Waals surface area contributed by atoms with Gasteiger partial charge in [-0.2, -0.15) is 0 Å². The third kappa shape index (κ3) is 3.94. The number of carbonyl (C=O) groups is 1. The van der Waals surface area contributed by atoms with E-state index >= 15 is 0 Å². The molecule has 116 valence electrons. The molecule has 4 nitrogen and oxygen atoms in total. The van der Waals surface area contributed by atoms with Crippen molar-refractivity contribution in [2.24, 2.45) is 0 Å². The smallest absolute Gasteiger partial charge is 0.324 e. The number of benzene rings is 1. The summed E-state index contributed by atoms with van der Waals surface area (Å²) in [6.45, 7) is 2.67. The Morgan fingerprint density at radius 3 is 3.05 bits per heavy atom. The first-order valence-corrected chi connectivity index (χ1v) is 7.46. The van der Waals surface area contributed by atoms with Gasteiger partial charge in [-0.05, 0) is 44.4 Å². The number of hydrogen-bond donors (Lipinski definition) is 2. The molecule has 5 heteroatoms. The number of aliphatic carboxylic acids is 1. The van der Waals surface area contributed by atoms with E-state index in [2.05, 4.69) is 5.32 Å². The lowest BCUT2D eigenvalue weighted by atomic mass is 9.80. The van der Waals surface area contributed by atoms with Gasteiger partial charge in [-0.25, -0.2) is 4.39 Å². The molecule has 0 radical (unpaired) electrons. The van der Waals surface area contributed by atoms with Crippen molar-refractivity contribution < 1.29 is 19.0 Å². The summed E-state index contributed by atoms with van der Waals surface area (Å²) in [7, 11) is 0. The highest BCUT2D eigenvalue weighted by Crippen LogP contribution is 2.31. The molecule has 1 aliphatic rings. The average Bonchev–Trinajstić information content (AvgIpc) is 2.45. The summed E-state index contributed by atoms with van der Waals surface area (Å²) in [5.41, 5.74) is -0.924. The molecule has 1 aliphatic carbocycles. The molecule has 0 aliphatic heterocycles. The van der Waals surface area contributed by atoms with Crippen LogP contribution in [0.5, 0.6) is 5.75 Å². The van der Waals surface area contributed by atoms with Crippen LogP contribution in [-0.4, -0.2) is 29.3 Å². The van der Waals surface area contributed by atoms with Crippen LogP contribution in [0.2, 0.25) is 0 Å². The summed E-state index contributed by atoms with van der Waals surface area (Å²) in [5, 5.41) is 12.7. The Bertz CT molecular complexity index is 494. The van der Waals surface area contributed by atoms with E-state index in [0.29, 0.717) is 25.1 Å². The van der Waals surface area contributed by atoms with Gasteiger partial charge in [0.15, 0.2) is 0 Å². The fraction of sp³-hybridized carbons (Fsp3) is 0.562. The zero-order valence-electron chi connectivity index (χ0n) is 12.3. The minimum atomic E-state index is -0.924. The molecule has 2 atom stereocenters. The van der Waals surface area contributed by atoms with Crippen molar-refractivity contribution in [1.82, 2.24) is 5.32 Å². The van der Waals surface area contributed by atoms with E-state index in [1.807, 2.05) is 6.92 Å². The molecule has 1 saturated carbocycles. The maximum atomic E-state index is 13.2. The Balaban J connectivity index is 2.06. The van der Waals surface area contributed by atoms with Gasteiger partial charge in [0, 0.05) is 12.5 Å². The molecule has 2 rings (SSSR count). The predicted octanol–water partition coefficient (Wildman–Crippen LogP) is 2.97. The normalized spacial score (nSPS) is 25.5. The molecule has 1 aromatic rings. The van der Waals surface area contributed by atoms with Gasteiger partial charge >= 0.3 is 5.97 Å². The minimum Gasteiger partial charge on any atom is -0.490 e. The quantitative estimate of drug-likeness (QED) is 0.847. The fourth-order valence-corrected chi connectivity index (χ4v) is 2.85. The van der Waals surface area contributed by atoms with Gasteiger partial charge in [0.2, 0.25) is 0 Å². The van der Waals surface area contributed by atoms with E-state index in [0.717, 1.165) is 19.3 Å². The highest BCUT2D eigenvalue weighted by Gasteiger charge is 2.43. The first-order valence-electron chi connectivity index (χ1n) is 7.46. The van der Waals surface area contributed by atoms with E-state index in [1.54, 1.807) is 12.1 Å². The fourth-order valence-electron chi connectivity index (χ4n) is 2.85. The predicted molar refractivity (Wildman–Crippen MR) is 77.9 cm³/mol. The maximum Gasteiger partial charge on any atom is 0.324 e. The lowest BCUT2D eigenvalue weighted by Gasteiger charge is -2.38. The van der Waals surface area contributed by atoms with Crippen molar-refractivity contribution in [3.8, 4) is 5.75 Å².